The second-order valence-corrected chi connectivity index (χ2v) is 10.5. The lowest BCUT2D eigenvalue weighted by Gasteiger charge is -2.23. The molecule has 37 heavy (non-hydrogen) atoms. The van der Waals surface area contributed by atoms with Crippen molar-refractivity contribution in [2.24, 2.45) is 29.6 Å². The lowest BCUT2D eigenvalue weighted by molar-refractivity contribution is -0.139. The van der Waals surface area contributed by atoms with Gasteiger partial charge in [-0.2, -0.15) is 0 Å². The van der Waals surface area contributed by atoms with Crippen molar-refractivity contribution in [2.45, 2.75) is 39.5 Å². The SMILES string of the molecule is CCc1cccc(CC)c1N1C[C@@H](C(=O)Oc2cccc(N3C(=O)[C@@H]4[C@H](C3=O)[C@H]3C=C[C@H]4C3)c2)CC1=O. The highest BCUT2D eigenvalue weighted by molar-refractivity contribution is 6.22. The lowest BCUT2D eigenvalue weighted by Crippen LogP contribution is -2.32. The molecule has 0 radical (unpaired) electrons. The second kappa shape index (κ2) is 8.98. The van der Waals surface area contributed by atoms with Crippen molar-refractivity contribution in [3.63, 3.8) is 0 Å². The first-order valence-corrected chi connectivity index (χ1v) is 13.2. The maximum atomic E-state index is 13.2. The van der Waals surface area contributed by atoms with Crippen molar-refractivity contribution in [1.29, 1.82) is 0 Å². The van der Waals surface area contributed by atoms with Gasteiger partial charge in [-0.05, 0) is 54.4 Å². The summed E-state index contributed by atoms with van der Waals surface area (Å²) in [5.41, 5.74) is 3.50. The number of allylic oxidation sites excluding steroid dienone is 2. The number of aryl methyl sites for hydroxylation is 2. The van der Waals surface area contributed by atoms with E-state index in [0.29, 0.717) is 5.69 Å². The van der Waals surface area contributed by atoms with E-state index in [0.717, 1.165) is 36.1 Å². The van der Waals surface area contributed by atoms with Crippen LogP contribution in [-0.2, 0) is 32.0 Å². The number of anilines is 2. The molecule has 1 saturated carbocycles. The summed E-state index contributed by atoms with van der Waals surface area (Å²) in [6, 6.07) is 12.6. The predicted molar refractivity (Wildman–Crippen MR) is 138 cm³/mol. The molecule has 7 heteroatoms. The quantitative estimate of drug-likeness (QED) is 0.259. The number of esters is 1. The zero-order valence-electron chi connectivity index (χ0n) is 21.1. The van der Waals surface area contributed by atoms with E-state index in [9.17, 15) is 19.2 Å². The first kappa shape index (κ1) is 23.6. The monoisotopic (exact) mass is 498 g/mol. The van der Waals surface area contributed by atoms with Gasteiger partial charge in [0.2, 0.25) is 17.7 Å². The lowest BCUT2D eigenvalue weighted by atomic mass is 9.85. The molecule has 0 unspecified atom stereocenters. The molecule has 2 aliphatic carbocycles. The Hall–Kier alpha value is -3.74. The first-order valence-electron chi connectivity index (χ1n) is 13.2. The summed E-state index contributed by atoms with van der Waals surface area (Å²) in [7, 11) is 0. The fourth-order valence-electron chi connectivity index (χ4n) is 6.69. The smallest absolute Gasteiger partial charge is 0.316 e. The molecule has 2 heterocycles. The molecule has 4 aliphatic rings. The molecule has 0 spiro atoms. The fraction of sp³-hybridized carbons (Fsp3) is 0.400. The average molecular weight is 499 g/mol. The summed E-state index contributed by atoms with van der Waals surface area (Å²) >= 11 is 0. The molecular weight excluding hydrogens is 468 g/mol. The Balaban J connectivity index is 1.18. The van der Waals surface area contributed by atoms with Gasteiger partial charge in [-0.3, -0.25) is 19.2 Å². The summed E-state index contributed by atoms with van der Waals surface area (Å²) in [6.07, 6.45) is 6.67. The third-order valence-corrected chi connectivity index (χ3v) is 8.46. The van der Waals surface area contributed by atoms with Crippen molar-refractivity contribution in [3.05, 3.63) is 65.7 Å². The van der Waals surface area contributed by atoms with Gasteiger partial charge in [-0.25, -0.2) is 4.90 Å². The van der Waals surface area contributed by atoms with Gasteiger partial charge in [0.25, 0.3) is 0 Å². The van der Waals surface area contributed by atoms with Gasteiger partial charge >= 0.3 is 5.97 Å². The third kappa shape index (κ3) is 3.71. The summed E-state index contributed by atoms with van der Waals surface area (Å²) in [5, 5.41) is 0. The number of amides is 3. The van der Waals surface area contributed by atoms with Crippen LogP contribution in [0.2, 0.25) is 0 Å². The molecule has 5 atom stereocenters. The number of benzene rings is 2. The Morgan fingerprint density at radius 2 is 1.54 bits per heavy atom. The minimum Gasteiger partial charge on any atom is -0.426 e. The van der Waals surface area contributed by atoms with Crippen molar-refractivity contribution in [2.75, 3.05) is 16.3 Å². The Kier molecular flexibility index (Phi) is 5.74. The molecule has 2 aromatic carbocycles. The summed E-state index contributed by atoms with van der Waals surface area (Å²) in [6.45, 7) is 4.38. The molecule has 0 N–H and O–H groups in total. The number of para-hydroxylation sites is 1. The van der Waals surface area contributed by atoms with Gasteiger partial charge in [0.15, 0.2) is 0 Å². The van der Waals surface area contributed by atoms with E-state index in [1.54, 1.807) is 29.2 Å². The fourth-order valence-corrected chi connectivity index (χ4v) is 6.69. The molecule has 2 aromatic rings. The predicted octanol–water partition coefficient (Wildman–Crippen LogP) is 4.08. The van der Waals surface area contributed by atoms with Crippen LogP contribution >= 0.6 is 0 Å². The van der Waals surface area contributed by atoms with Crippen LogP contribution in [0.3, 0.4) is 0 Å². The number of nitrogens with zero attached hydrogens (tertiary/aromatic N) is 2. The number of ether oxygens (including phenoxy) is 1. The molecule has 2 bridgehead atoms. The molecule has 0 aromatic heterocycles. The van der Waals surface area contributed by atoms with Crippen LogP contribution in [0, 0.1) is 29.6 Å². The number of rotatable bonds is 6. The molecule has 3 amide bonds. The van der Waals surface area contributed by atoms with E-state index in [4.69, 9.17) is 4.74 Å². The van der Waals surface area contributed by atoms with Crippen LogP contribution in [0.4, 0.5) is 11.4 Å². The zero-order chi connectivity index (χ0) is 25.8. The van der Waals surface area contributed by atoms with Crippen LogP contribution in [0.25, 0.3) is 0 Å². The minimum atomic E-state index is -0.595. The van der Waals surface area contributed by atoms with Gasteiger partial charge in [0.1, 0.15) is 5.75 Å². The van der Waals surface area contributed by atoms with Gasteiger partial charge in [0, 0.05) is 24.7 Å². The molecular formula is C30H30N2O5. The maximum absolute atomic E-state index is 13.2. The van der Waals surface area contributed by atoms with E-state index in [1.807, 2.05) is 18.2 Å². The number of hydrogen-bond donors (Lipinski definition) is 0. The highest BCUT2D eigenvalue weighted by Gasteiger charge is 2.59. The Labute approximate surface area is 216 Å². The Morgan fingerprint density at radius 3 is 2.16 bits per heavy atom. The van der Waals surface area contributed by atoms with Crippen molar-refractivity contribution in [1.82, 2.24) is 0 Å². The largest absolute Gasteiger partial charge is 0.426 e. The first-order chi connectivity index (χ1) is 17.9. The standard InChI is InChI=1S/C30H30N2O5/c1-3-17-7-5-8-18(4-2)27(17)31-16-21(14-24(31)33)30(36)37-23-10-6-9-22(15-23)32-28(34)25-19-11-12-20(13-19)26(25)29(32)35/h5-12,15,19-21,25-26H,3-4,13-14,16H2,1-2H3/t19-,20-,21-,25-,26+/m0/s1. The van der Waals surface area contributed by atoms with E-state index in [-0.39, 0.29) is 60.1 Å². The van der Waals surface area contributed by atoms with E-state index < -0.39 is 11.9 Å². The van der Waals surface area contributed by atoms with Crippen LogP contribution in [0.1, 0.15) is 37.8 Å². The zero-order valence-corrected chi connectivity index (χ0v) is 21.1. The highest BCUT2D eigenvalue weighted by Crippen LogP contribution is 2.53. The molecule has 6 rings (SSSR count). The van der Waals surface area contributed by atoms with Crippen LogP contribution in [-0.4, -0.2) is 30.2 Å². The topological polar surface area (TPSA) is 84.0 Å². The van der Waals surface area contributed by atoms with Gasteiger partial charge in [0.05, 0.1) is 23.4 Å². The van der Waals surface area contributed by atoms with Crippen molar-refractivity contribution >= 4 is 35.1 Å². The summed E-state index contributed by atoms with van der Waals surface area (Å²) in [5.74, 6) is -1.57. The normalized spacial score (nSPS) is 27.9. The van der Waals surface area contributed by atoms with Gasteiger partial charge in [-0.1, -0.05) is 50.3 Å². The molecule has 7 nitrogen and oxygen atoms in total. The summed E-state index contributed by atoms with van der Waals surface area (Å²) in [4.78, 5) is 55.4. The van der Waals surface area contributed by atoms with Crippen LogP contribution in [0.15, 0.2) is 54.6 Å². The van der Waals surface area contributed by atoms with E-state index in [2.05, 4.69) is 26.0 Å². The minimum absolute atomic E-state index is 0.0853. The second-order valence-electron chi connectivity index (χ2n) is 10.5. The van der Waals surface area contributed by atoms with Crippen molar-refractivity contribution < 1.29 is 23.9 Å². The van der Waals surface area contributed by atoms with Crippen LogP contribution < -0.4 is 14.5 Å². The summed E-state index contributed by atoms with van der Waals surface area (Å²) < 4.78 is 5.68. The Bertz CT molecular complexity index is 1290. The van der Waals surface area contributed by atoms with Gasteiger partial charge < -0.3 is 9.64 Å². The maximum Gasteiger partial charge on any atom is 0.316 e. The molecule has 190 valence electrons. The average Bonchev–Trinajstić information content (AvgIpc) is 3.67. The van der Waals surface area contributed by atoms with Crippen molar-refractivity contribution in [3.8, 4) is 5.75 Å². The number of imide groups is 1. The Morgan fingerprint density at radius 1 is 0.919 bits per heavy atom. The number of hydrogen-bond acceptors (Lipinski definition) is 5. The highest BCUT2D eigenvalue weighted by atomic mass is 16.5. The van der Waals surface area contributed by atoms with Crippen LogP contribution in [0.5, 0.6) is 5.75 Å². The third-order valence-electron chi connectivity index (χ3n) is 8.46. The number of carbonyl (C=O) groups excluding carboxylic acids is 4. The molecule has 3 fully saturated rings. The molecule has 2 saturated heterocycles. The van der Waals surface area contributed by atoms with E-state index in [1.165, 1.54) is 4.90 Å². The van der Waals surface area contributed by atoms with E-state index >= 15 is 0 Å². The number of carbonyl (C=O) groups is 4. The number of fused-ring (bicyclic) bond motifs is 5. The molecule has 2 aliphatic heterocycles. The van der Waals surface area contributed by atoms with Gasteiger partial charge in [-0.15, -0.1) is 0 Å².